The third-order valence-corrected chi connectivity index (χ3v) is 2.45. The molecule has 2 aromatic rings. The second-order valence-electron chi connectivity index (χ2n) is 3.18. The lowest BCUT2D eigenvalue weighted by molar-refractivity contribution is 0.275. The van der Waals surface area contributed by atoms with Gasteiger partial charge in [-0.1, -0.05) is 0 Å². The highest BCUT2D eigenvalue weighted by Crippen LogP contribution is 2.17. The summed E-state index contributed by atoms with van der Waals surface area (Å²) in [6.07, 6.45) is 3.38. The first-order valence-corrected chi connectivity index (χ1v) is 5.39. The molecule has 16 heavy (non-hydrogen) atoms. The average Bonchev–Trinajstić information content (AvgIpc) is 2.74. The molecule has 0 unspecified atom stereocenters. The molecular formula is C10H11ClN4O. The zero-order valence-corrected chi connectivity index (χ0v) is 9.30. The number of pyridine rings is 1. The van der Waals surface area contributed by atoms with Crippen LogP contribution in [0.4, 0.5) is 0 Å². The molecule has 6 heteroatoms. The first-order chi connectivity index (χ1) is 7.86. The van der Waals surface area contributed by atoms with E-state index in [9.17, 15) is 0 Å². The quantitative estimate of drug-likeness (QED) is 0.810. The summed E-state index contributed by atoms with van der Waals surface area (Å²) in [6.45, 7) is 0.465. The van der Waals surface area contributed by atoms with E-state index in [1.165, 1.54) is 0 Å². The van der Waals surface area contributed by atoms with Crippen molar-refractivity contribution < 1.29 is 5.11 Å². The van der Waals surface area contributed by atoms with Gasteiger partial charge in [0.15, 0.2) is 5.82 Å². The lowest BCUT2D eigenvalue weighted by atomic mass is 10.2. The predicted molar refractivity (Wildman–Crippen MR) is 59.9 cm³/mol. The van der Waals surface area contributed by atoms with Crippen molar-refractivity contribution in [1.29, 1.82) is 0 Å². The number of aliphatic hydroxyl groups excluding tert-OH is 1. The largest absolute Gasteiger partial charge is 0.395 e. The molecule has 0 bridgehead atoms. The minimum Gasteiger partial charge on any atom is -0.395 e. The Morgan fingerprint density at radius 1 is 1.25 bits per heavy atom. The molecule has 0 atom stereocenters. The number of rotatable bonds is 4. The van der Waals surface area contributed by atoms with Crippen molar-refractivity contribution in [3.05, 3.63) is 30.4 Å². The van der Waals surface area contributed by atoms with Crippen molar-refractivity contribution in [3.63, 3.8) is 0 Å². The average molecular weight is 239 g/mol. The Kier molecular flexibility index (Phi) is 3.48. The van der Waals surface area contributed by atoms with Crippen LogP contribution in [0.15, 0.2) is 24.5 Å². The molecule has 0 aliphatic heterocycles. The number of alkyl halides is 1. The van der Waals surface area contributed by atoms with Gasteiger partial charge in [0.25, 0.3) is 0 Å². The topological polar surface area (TPSA) is 63.8 Å². The fraction of sp³-hybridized carbons (Fsp3) is 0.300. The number of hydrogen-bond acceptors (Lipinski definition) is 4. The van der Waals surface area contributed by atoms with Crippen molar-refractivity contribution in [2.45, 2.75) is 12.4 Å². The van der Waals surface area contributed by atoms with Gasteiger partial charge in [-0.2, -0.15) is 0 Å². The zero-order valence-electron chi connectivity index (χ0n) is 8.54. The smallest absolute Gasteiger partial charge is 0.164 e. The number of hydrogen-bond donors (Lipinski definition) is 1. The molecule has 0 amide bonds. The van der Waals surface area contributed by atoms with Crippen molar-refractivity contribution >= 4 is 11.6 Å². The van der Waals surface area contributed by atoms with E-state index in [-0.39, 0.29) is 12.5 Å². The van der Waals surface area contributed by atoms with Crippen LogP contribution in [0.2, 0.25) is 0 Å². The van der Waals surface area contributed by atoms with Crippen LogP contribution in [0.3, 0.4) is 0 Å². The molecule has 0 saturated carbocycles. The summed E-state index contributed by atoms with van der Waals surface area (Å²) in [6, 6.07) is 3.69. The van der Waals surface area contributed by atoms with Gasteiger partial charge in [0.2, 0.25) is 0 Å². The molecule has 0 spiro atoms. The minimum atomic E-state index is 0.0278. The summed E-state index contributed by atoms with van der Waals surface area (Å²) >= 11 is 5.75. The van der Waals surface area contributed by atoms with Gasteiger partial charge < -0.3 is 9.67 Å². The highest BCUT2D eigenvalue weighted by atomic mass is 35.5. The van der Waals surface area contributed by atoms with Gasteiger partial charge in [0, 0.05) is 24.5 Å². The molecular weight excluding hydrogens is 228 g/mol. The van der Waals surface area contributed by atoms with Crippen LogP contribution < -0.4 is 0 Å². The van der Waals surface area contributed by atoms with Gasteiger partial charge in [-0.05, 0) is 12.1 Å². The van der Waals surface area contributed by atoms with E-state index in [0.717, 1.165) is 5.56 Å². The Morgan fingerprint density at radius 2 is 2.00 bits per heavy atom. The van der Waals surface area contributed by atoms with Gasteiger partial charge in [0.1, 0.15) is 5.82 Å². The van der Waals surface area contributed by atoms with Gasteiger partial charge >= 0.3 is 0 Å². The highest BCUT2D eigenvalue weighted by Gasteiger charge is 2.12. The van der Waals surface area contributed by atoms with Crippen molar-refractivity contribution in [3.8, 4) is 11.4 Å². The van der Waals surface area contributed by atoms with Crippen LogP contribution in [0, 0.1) is 0 Å². The van der Waals surface area contributed by atoms with E-state index >= 15 is 0 Å². The maximum atomic E-state index is 9.00. The third kappa shape index (κ3) is 2.05. The predicted octanol–water partition coefficient (Wildman–Crippen LogP) is 1.07. The van der Waals surface area contributed by atoms with Crippen molar-refractivity contribution in [1.82, 2.24) is 19.7 Å². The first-order valence-electron chi connectivity index (χ1n) is 4.86. The van der Waals surface area contributed by atoms with E-state index < -0.39 is 0 Å². The second kappa shape index (κ2) is 5.05. The fourth-order valence-electron chi connectivity index (χ4n) is 1.48. The maximum absolute atomic E-state index is 9.00. The summed E-state index contributed by atoms with van der Waals surface area (Å²) in [7, 11) is 0. The monoisotopic (exact) mass is 238 g/mol. The molecule has 0 aromatic carbocycles. The SMILES string of the molecule is OCCn1c(CCl)nnc1-c1ccncc1. The highest BCUT2D eigenvalue weighted by molar-refractivity contribution is 6.16. The van der Waals surface area contributed by atoms with Crippen LogP contribution in [-0.2, 0) is 12.4 Å². The third-order valence-electron chi connectivity index (χ3n) is 2.21. The van der Waals surface area contributed by atoms with E-state index in [2.05, 4.69) is 15.2 Å². The molecule has 5 nitrogen and oxygen atoms in total. The number of nitrogens with zero attached hydrogens (tertiary/aromatic N) is 4. The van der Waals surface area contributed by atoms with Crippen molar-refractivity contribution in [2.24, 2.45) is 0 Å². The van der Waals surface area contributed by atoms with E-state index in [1.807, 2.05) is 16.7 Å². The standard InChI is InChI=1S/C10H11ClN4O/c11-7-9-13-14-10(15(9)5-6-16)8-1-3-12-4-2-8/h1-4,16H,5-7H2. The lowest BCUT2D eigenvalue weighted by Gasteiger charge is -2.06. The second-order valence-corrected chi connectivity index (χ2v) is 3.45. The molecule has 2 rings (SSSR count). The van der Waals surface area contributed by atoms with Gasteiger partial charge in [-0.25, -0.2) is 0 Å². The van der Waals surface area contributed by atoms with Crippen molar-refractivity contribution in [2.75, 3.05) is 6.61 Å². The Bertz CT molecular complexity index is 457. The Morgan fingerprint density at radius 3 is 2.62 bits per heavy atom. The summed E-state index contributed by atoms with van der Waals surface area (Å²) in [5, 5.41) is 17.0. The van der Waals surface area contributed by atoms with E-state index in [1.54, 1.807) is 12.4 Å². The fourth-order valence-corrected chi connectivity index (χ4v) is 1.68. The number of aliphatic hydroxyl groups is 1. The van der Waals surface area contributed by atoms with Crippen LogP contribution in [0.5, 0.6) is 0 Å². The van der Waals surface area contributed by atoms with Crippen LogP contribution in [0.25, 0.3) is 11.4 Å². The molecule has 1 N–H and O–H groups in total. The minimum absolute atomic E-state index is 0.0278. The Hall–Kier alpha value is -1.46. The van der Waals surface area contributed by atoms with E-state index in [0.29, 0.717) is 18.2 Å². The van der Waals surface area contributed by atoms with Gasteiger partial charge in [-0.15, -0.1) is 21.8 Å². The number of aromatic nitrogens is 4. The summed E-state index contributed by atoms with van der Waals surface area (Å²) < 4.78 is 1.81. The Balaban J connectivity index is 2.44. The molecule has 0 fully saturated rings. The summed E-state index contributed by atoms with van der Waals surface area (Å²) in [5.74, 6) is 1.63. The molecule has 2 heterocycles. The normalized spacial score (nSPS) is 10.6. The maximum Gasteiger partial charge on any atom is 0.164 e. The molecule has 0 radical (unpaired) electrons. The molecule has 0 aliphatic rings. The lowest BCUT2D eigenvalue weighted by Crippen LogP contribution is -2.07. The van der Waals surface area contributed by atoms with Crippen LogP contribution in [-0.4, -0.2) is 31.5 Å². The summed E-state index contributed by atoms with van der Waals surface area (Å²) in [5.41, 5.74) is 0.910. The molecule has 2 aromatic heterocycles. The zero-order chi connectivity index (χ0) is 11.4. The number of halogens is 1. The first kappa shape index (κ1) is 11.0. The molecule has 0 aliphatic carbocycles. The summed E-state index contributed by atoms with van der Waals surface area (Å²) in [4.78, 5) is 3.94. The van der Waals surface area contributed by atoms with Crippen LogP contribution >= 0.6 is 11.6 Å². The van der Waals surface area contributed by atoms with Gasteiger partial charge in [-0.3, -0.25) is 4.98 Å². The molecule has 0 saturated heterocycles. The van der Waals surface area contributed by atoms with E-state index in [4.69, 9.17) is 16.7 Å². The van der Waals surface area contributed by atoms with Gasteiger partial charge in [0.05, 0.1) is 12.5 Å². The molecule has 84 valence electrons. The Labute approximate surface area is 97.7 Å². The van der Waals surface area contributed by atoms with Crippen LogP contribution in [0.1, 0.15) is 5.82 Å².